The molecule has 0 saturated carbocycles. The second-order valence-electron chi connectivity index (χ2n) is 3.73. The summed E-state index contributed by atoms with van der Waals surface area (Å²) in [4.78, 5) is 22.2. The van der Waals surface area contributed by atoms with Gasteiger partial charge in [0.2, 0.25) is 11.4 Å². The molecule has 0 heterocycles. The van der Waals surface area contributed by atoms with Gasteiger partial charge in [-0.05, 0) is 12.2 Å². The SMILES string of the molecule is O=C(O)C1=CC(O)C(O)(C(=O)C(O)CO)C(O)=C1. The number of hydrogen-bond donors (Lipinski definition) is 6. The van der Waals surface area contributed by atoms with Crippen molar-refractivity contribution in [2.75, 3.05) is 6.61 Å². The van der Waals surface area contributed by atoms with Crippen molar-refractivity contribution in [3.63, 3.8) is 0 Å². The van der Waals surface area contributed by atoms with Gasteiger partial charge in [0.05, 0.1) is 12.2 Å². The van der Waals surface area contributed by atoms with Crippen molar-refractivity contribution in [1.29, 1.82) is 0 Å². The van der Waals surface area contributed by atoms with Crippen LogP contribution in [0.25, 0.3) is 0 Å². The standard InChI is InChI=1S/C10H12O8/c11-3-5(12)8(15)10(18)6(13)1-4(9(16)17)2-7(10)14/h1-2,5-6,11-14,18H,3H2,(H,16,17). The summed E-state index contributed by atoms with van der Waals surface area (Å²) in [5, 5.41) is 55.2. The van der Waals surface area contributed by atoms with Gasteiger partial charge in [0.1, 0.15) is 18.0 Å². The molecule has 0 aromatic heterocycles. The van der Waals surface area contributed by atoms with Gasteiger partial charge in [0, 0.05) is 0 Å². The van der Waals surface area contributed by atoms with E-state index in [1.807, 2.05) is 0 Å². The van der Waals surface area contributed by atoms with Gasteiger partial charge in [-0.1, -0.05) is 0 Å². The van der Waals surface area contributed by atoms with Crippen LogP contribution < -0.4 is 0 Å². The summed E-state index contributed by atoms with van der Waals surface area (Å²) in [5.41, 5.74) is -3.39. The van der Waals surface area contributed by atoms with Gasteiger partial charge >= 0.3 is 5.97 Å². The minimum Gasteiger partial charge on any atom is -0.509 e. The molecule has 0 aromatic carbocycles. The zero-order valence-corrected chi connectivity index (χ0v) is 9.02. The molecule has 3 atom stereocenters. The smallest absolute Gasteiger partial charge is 0.335 e. The summed E-state index contributed by atoms with van der Waals surface area (Å²) in [6, 6.07) is 0. The van der Waals surface area contributed by atoms with Gasteiger partial charge in [-0.15, -0.1) is 0 Å². The summed E-state index contributed by atoms with van der Waals surface area (Å²) in [7, 11) is 0. The van der Waals surface area contributed by atoms with Crippen LogP contribution in [0, 0.1) is 0 Å². The van der Waals surface area contributed by atoms with Gasteiger partial charge in [-0.2, -0.15) is 0 Å². The number of carboxylic acids is 1. The van der Waals surface area contributed by atoms with E-state index in [-0.39, 0.29) is 0 Å². The Kier molecular flexibility index (Phi) is 3.87. The van der Waals surface area contributed by atoms with Crippen molar-refractivity contribution >= 4 is 11.8 Å². The van der Waals surface area contributed by atoms with Gasteiger partial charge in [0.15, 0.2) is 0 Å². The van der Waals surface area contributed by atoms with E-state index in [4.69, 9.17) is 15.3 Å². The van der Waals surface area contributed by atoms with E-state index < -0.39 is 47.5 Å². The monoisotopic (exact) mass is 260 g/mol. The topological polar surface area (TPSA) is 156 Å². The summed E-state index contributed by atoms with van der Waals surface area (Å²) >= 11 is 0. The molecule has 8 nitrogen and oxygen atoms in total. The van der Waals surface area contributed by atoms with E-state index in [1.54, 1.807) is 0 Å². The molecule has 18 heavy (non-hydrogen) atoms. The highest BCUT2D eigenvalue weighted by atomic mass is 16.4. The molecule has 8 heteroatoms. The lowest BCUT2D eigenvalue weighted by atomic mass is 9.82. The largest absolute Gasteiger partial charge is 0.509 e. The van der Waals surface area contributed by atoms with Gasteiger partial charge in [-0.3, -0.25) is 4.79 Å². The van der Waals surface area contributed by atoms with Crippen LogP contribution in [-0.2, 0) is 9.59 Å². The average molecular weight is 260 g/mol. The Morgan fingerprint density at radius 3 is 2.39 bits per heavy atom. The average Bonchev–Trinajstić information content (AvgIpc) is 2.32. The summed E-state index contributed by atoms with van der Waals surface area (Å²) in [5.74, 6) is -4.03. The van der Waals surface area contributed by atoms with Crippen LogP contribution in [-0.4, -0.2) is 66.8 Å². The normalized spacial score (nSPS) is 29.2. The van der Waals surface area contributed by atoms with Crippen molar-refractivity contribution in [1.82, 2.24) is 0 Å². The Balaban J connectivity index is 3.17. The van der Waals surface area contributed by atoms with Crippen LogP contribution in [0.2, 0.25) is 0 Å². The molecular weight excluding hydrogens is 248 g/mol. The number of aliphatic carboxylic acids is 1. The Bertz CT molecular complexity index is 437. The molecular formula is C10H12O8. The predicted octanol–water partition coefficient (Wildman–Crippen LogP) is -2.53. The lowest BCUT2D eigenvalue weighted by Gasteiger charge is -2.33. The number of ketones is 1. The van der Waals surface area contributed by atoms with E-state index in [0.717, 1.165) is 0 Å². The second kappa shape index (κ2) is 4.86. The molecule has 1 rings (SSSR count). The third kappa shape index (κ3) is 2.14. The number of rotatable bonds is 4. The molecule has 0 bridgehead atoms. The third-order valence-electron chi connectivity index (χ3n) is 2.55. The van der Waals surface area contributed by atoms with Gasteiger partial charge in [-0.25, -0.2) is 4.79 Å². The number of aliphatic hydroxyl groups is 5. The molecule has 6 N–H and O–H groups in total. The first-order valence-corrected chi connectivity index (χ1v) is 4.85. The van der Waals surface area contributed by atoms with Crippen molar-refractivity contribution in [3.05, 3.63) is 23.5 Å². The Morgan fingerprint density at radius 1 is 1.44 bits per heavy atom. The van der Waals surface area contributed by atoms with Gasteiger partial charge in [0.25, 0.3) is 0 Å². The van der Waals surface area contributed by atoms with Crippen molar-refractivity contribution in [2.24, 2.45) is 0 Å². The molecule has 0 radical (unpaired) electrons. The molecule has 3 unspecified atom stereocenters. The maximum atomic E-state index is 11.6. The minimum absolute atomic E-state index is 0.518. The number of aliphatic hydroxyl groups excluding tert-OH is 4. The first-order chi connectivity index (χ1) is 8.25. The van der Waals surface area contributed by atoms with Crippen molar-refractivity contribution in [2.45, 2.75) is 17.8 Å². The molecule has 0 saturated heterocycles. The first-order valence-electron chi connectivity index (χ1n) is 4.85. The number of hydrogen-bond acceptors (Lipinski definition) is 7. The summed E-state index contributed by atoms with van der Waals surface area (Å²) in [6.07, 6.45) is -2.84. The molecule has 0 aliphatic heterocycles. The van der Waals surface area contributed by atoms with Crippen molar-refractivity contribution < 1.29 is 40.2 Å². The van der Waals surface area contributed by atoms with E-state index in [2.05, 4.69) is 0 Å². The molecule has 100 valence electrons. The van der Waals surface area contributed by atoms with Crippen LogP contribution in [0.15, 0.2) is 23.5 Å². The Labute approximate surface area is 101 Å². The fourth-order valence-corrected chi connectivity index (χ4v) is 1.49. The minimum atomic E-state index is -2.87. The number of carbonyl (C=O) groups excluding carboxylic acids is 1. The first kappa shape index (κ1) is 14.3. The van der Waals surface area contributed by atoms with E-state index in [1.165, 1.54) is 0 Å². The Morgan fingerprint density at radius 2 is 2.00 bits per heavy atom. The van der Waals surface area contributed by atoms with E-state index >= 15 is 0 Å². The highest BCUT2D eigenvalue weighted by Crippen LogP contribution is 2.29. The van der Waals surface area contributed by atoms with E-state index in [0.29, 0.717) is 12.2 Å². The molecule has 0 fully saturated rings. The molecule has 0 amide bonds. The van der Waals surface area contributed by atoms with Crippen LogP contribution >= 0.6 is 0 Å². The number of carboxylic acid groups (broad SMARTS) is 1. The number of Topliss-reactive ketones (excluding diaryl/α,β-unsaturated/α-hetero) is 1. The van der Waals surface area contributed by atoms with Crippen LogP contribution in [0.1, 0.15) is 0 Å². The maximum Gasteiger partial charge on any atom is 0.335 e. The summed E-state index contributed by atoms with van der Waals surface area (Å²) in [6.45, 7) is -1.02. The lowest BCUT2D eigenvalue weighted by Crippen LogP contribution is -2.56. The quantitative estimate of drug-likeness (QED) is 0.323. The molecule has 1 aliphatic carbocycles. The fourth-order valence-electron chi connectivity index (χ4n) is 1.49. The Hall–Kier alpha value is -1.74. The zero-order chi connectivity index (χ0) is 14.1. The third-order valence-corrected chi connectivity index (χ3v) is 2.55. The zero-order valence-electron chi connectivity index (χ0n) is 9.02. The predicted molar refractivity (Wildman–Crippen MR) is 55.5 cm³/mol. The lowest BCUT2D eigenvalue weighted by molar-refractivity contribution is -0.156. The van der Waals surface area contributed by atoms with Crippen LogP contribution in [0.5, 0.6) is 0 Å². The second-order valence-corrected chi connectivity index (χ2v) is 3.73. The maximum absolute atomic E-state index is 11.6. The van der Waals surface area contributed by atoms with Crippen molar-refractivity contribution in [3.8, 4) is 0 Å². The highest BCUT2D eigenvalue weighted by molar-refractivity contribution is 5.97. The molecule has 0 spiro atoms. The van der Waals surface area contributed by atoms with Gasteiger partial charge < -0.3 is 30.6 Å². The van der Waals surface area contributed by atoms with Crippen LogP contribution in [0.4, 0.5) is 0 Å². The molecule has 0 aromatic rings. The molecule has 1 aliphatic rings. The fraction of sp³-hybridized carbons (Fsp3) is 0.400. The number of carbonyl (C=O) groups is 2. The summed E-state index contributed by atoms with van der Waals surface area (Å²) < 4.78 is 0. The van der Waals surface area contributed by atoms with E-state index in [9.17, 15) is 24.9 Å². The highest BCUT2D eigenvalue weighted by Gasteiger charge is 2.50. The van der Waals surface area contributed by atoms with Crippen LogP contribution in [0.3, 0.4) is 0 Å².